The SMILES string of the molecule is c1ccc(-c2cc(-c3ccccc3)nc(-n3c4ccccc4c4c5oc6ccc7ccccc7c6c5ccc43)n2)cc1. The Morgan fingerprint density at radius 1 is 0.476 bits per heavy atom. The molecule has 4 nitrogen and oxygen atoms in total. The van der Waals surface area contributed by atoms with Gasteiger partial charge in [0, 0.05) is 27.3 Å². The van der Waals surface area contributed by atoms with Crippen LogP contribution in [-0.4, -0.2) is 14.5 Å². The summed E-state index contributed by atoms with van der Waals surface area (Å²) in [6.07, 6.45) is 0. The highest BCUT2D eigenvalue weighted by Crippen LogP contribution is 2.42. The lowest BCUT2D eigenvalue weighted by Crippen LogP contribution is -2.03. The lowest BCUT2D eigenvalue weighted by molar-refractivity contribution is 0.673. The highest BCUT2D eigenvalue weighted by atomic mass is 16.3. The van der Waals surface area contributed by atoms with Gasteiger partial charge in [0.15, 0.2) is 0 Å². The van der Waals surface area contributed by atoms with Crippen LogP contribution in [0.2, 0.25) is 0 Å². The van der Waals surface area contributed by atoms with Crippen LogP contribution in [0.5, 0.6) is 0 Å². The third kappa shape index (κ3) is 3.36. The maximum absolute atomic E-state index is 6.66. The third-order valence-corrected chi connectivity index (χ3v) is 8.22. The molecule has 196 valence electrons. The fourth-order valence-corrected chi connectivity index (χ4v) is 6.32. The van der Waals surface area contributed by atoms with Crippen LogP contribution >= 0.6 is 0 Å². The molecule has 0 amide bonds. The van der Waals surface area contributed by atoms with Crippen molar-refractivity contribution < 1.29 is 4.42 Å². The van der Waals surface area contributed by atoms with E-state index in [1.165, 1.54) is 10.8 Å². The molecule has 0 aliphatic rings. The summed E-state index contributed by atoms with van der Waals surface area (Å²) in [5.41, 5.74) is 7.67. The zero-order chi connectivity index (χ0) is 27.6. The Balaban J connectivity index is 1.40. The molecule has 0 spiro atoms. The Labute approximate surface area is 241 Å². The van der Waals surface area contributed by atoms with Crippen molar-refractivity contribution in [2.75, 3.05) is 0 Å². The third-order valence-electron chi connectivity index (χ3n) is 8.22. The number of fused-ring (bicyclic) bond motifs is 9. The Morgan fingerprint density at radius 2 is 1.12 bits per heavy atom. The fourth-order valence-electron chi connectivity index (χ4n) is 6.32. The normalized spacial score (nSPS) is 11.8. The quantitative estimate of drug-likeness (QED) is 0.225. The number of nitrogens with zero attached hydrogens (tertiary/aromatic N) is 3. The van der Waals surface area contributed by atoms with Gasteiger partial charge in [0.25, 0.3) is 0 Å². The number of furan rings is 1. The minimum absolute atomic E-state index is 0.627. The first kappa shape index (κ1) is 23.0. The summed E-state index contributed by atoms with van der Waals surface area (Å²) < 4.78 is 8.84. The maximum atomic E-state index is 6.66. The number of aromatic nitrogens is 3. The van der Waals surface area contributed by atoms with E-state index in [4.69, 9.17) is 14.4 Å². The molecule has 0 fully saturated rings. The van der Waals surface area contributed by atoms with Crippen LogP contribution in [0.15, 0.2) is 144 Å². The van der Waals surface area contributed by atoms with E-state index >= 15 is 0 Å². The van der Waals surface area contributed by atoms with Gasteiger partial charge in [-0.25, -0.2) is 9.97 Å². The first-order valence-corrected chi connectivity index (χ1v) is 14.1. The average Bonchev–Trinajstić information content (AvgIpc) is 3.61. The number of para-hydroxylation sites is 1. The van der Waals surface area contributed by atoms with Crippen molar-refractivity contribution >= 4 is 54.5 Å². The molecule has 4 heteroatoms. The Kier molecular flexibility index (Phi) is 4.87. The zero-order valence-electron chi connectivity index (χ0n) is 22.5. The molecule has 0 N–H and O–H groups in total. The second kappa shape index (κ2) is 8.88. The van der Waals surface area contributed by atoms with Gasteiger partial charge in [0.2, 0.25) is 5.95 Å². The number of hydrogen-bond acceptors (Lipinski definition) is 3. The Morgan fingerprint density at radius 3 is 1.86 bits per heavy atom. The molecule has 0 saturated heterocycles. The van der Waals surface area contributed by atoms with E-state index < -0.39 is 0 Å². The topological polar surface area (TPSA) is 43.9 Å². The summed E-state index contributed by atoms with van der Waals surface area (Å²) in [4.78, 5) is 10.3. The van der Waals surface area contributed by atoms with E-state index in [0.717, 1.165) is 66.3 Å². The van der Waals surface area contributed by atoms with E-state index in [2.05, 4.69) is 108 Å². The van der Waals surface area contributed by atoms with E-state index in [1.54, 1.807) is 0 Å². The molecule has 0 bridgehead atoms. The minimum atomic E-state index is 0.627. The Hall–Kier alpha value is -5.74. The first-order chi connectivity index (χ1) is 20.8. The second-order valence-corrected chi connectivity index (χ2v) is 10.6. The van der Waals surface area contributed by atoms with Gasteiger partial charge in [-0.05, 0) is 41.1 Å². The smallest absolute Gasteiger partial charge is 0.235 e. The van der Waals surface area contributed by atoms with Gasteiger partial charge in [-0.1, -0.05) is 109 Å². The van der Waals surface area contributed by atoms with Gasteiger partial charge >= 0.3 is 0 Å². The number of benzene rings is 6. The molecule has 9 aromatic rings. The van der Waals surface area contributed by atoms with Gasteiger partial charge in [0.1, 0.15) is 11.2 Å². The van der Waals surface area contributed by atoms with Gasteiger partial charge < -0.3 is 4.42 Å². The molecule has 3 aromatic heterocycles. The molecule has 0 unspecified atom stereocenters. The molecule has 6 aromatic carbocycles. The monoisotopic (exact) mass is 537 g/mol. The molecule has 42 heavy (non-hydrogen) atoms. The van der Waals surface area contributed by atoms with E-state index in [9.17, 15) is 0 Å². The van der Waals surface area contributed by atoms with Crippen molar-refractivity contribution in [3.05, 3.63) is 140 Å². The maximum Gasteiger partial charge on any atom is 0.235 e. The van der Waals surface area contributed by atoms with Crippen LogP contribution < -0.4 is 0 Å². The molecule has 0 saturated carbocycles. The van der Waals surface area contributed by atoms with Gasteiger partial charge in [-0.15, -0.1) is 0 Å². The van der Waals surface area contributed by atoms with Gasteiger partial charge in [-0.2, -0.15) is 0 Å². The largest absolute Gasteiger partial charge is 0.455 e. The predicted octanol–water partition coefficient (Wildman–Crippen LogP) is 9.96. The van der Waals surface area contributed by atoms with Crippen LogP contribution in [0.3, 0.4) is 0 Å². The molecular formula is C38H23N3O. The minimum Gasteiger partial charge on any atom is -0.455 e. The molecule has 0 radical (unpaired) electrons. The van der Waals surface area contributed by atoms with Crippen molar-refractivity contribution in [3.63, 3.8) is 0 Å². The molecule has 0 atom stereocenters. The molecule has 3 heterocycles. The molecule has 9 rings (SSSR count). The summed E-state index contributed by atoms with van der Waals surface area (Å²) in [6.45, 7) is 0. The van der Waals surface area contributed by atoms with Gasteiger partial charge in [-0.3, -0.25) is 4.57 Å². The van der Waals surface area contributed by atoms with Crippen molar-refractivity contribution in [2.45, 2.75) is 0 Å². The number of rotatable bonds is 3. The molecule has 0 aliphatic carbocycles. The van der Waals surface area contributed by atoms with Crippen LogP contribution in [0.25, 0.3) is 83.0 Å². The number of hydrogen-bond donors (Lipinski definition) is 0. The molecule has 0 aliphatic heterocycles. The second-order valence-electron chi connectivity index (χ2n) is 10.6. The first-order valence-electron chi connectivity index (χ1n) is 14.1. The van der Waals surface area contributed by atoms with Gasteiger partial charge in [0.05, 0.1) is 27.8 Å². The van der Waals surface area contributed by atoms with Crippen LogP contribution in [0.1, 0.15) is 0 Å². The fraction of sp³-hybridized carbons (Fsp3) is 0. The highest BCUT2D eigenvalue weighted by molar-refractivity contribution is 6.27. The lowest BCUT2D eigenvalue weighted by atomic mass is 10.0. The Bertz CT molecular complexity index is 2400. The standard InChI is InChI=1S/C38H23N3O/c1-3-12-25(13-4-1)30-23-31(26-14-5-2-6-15-26)40-38(39-30)41-32-18-10-9-17-28(32)36-33(41)21-20-29-35-27-16-8-7-11-24(27)19-22-34(35)42-37(29)36/h1-23H. The van der Waals surface area contributed by atoms with E-state index in [-0.39, 0.29) is 0 Å². The van der Waals surface area contributed by atoms with E-state index in [1.807, 2.05) is 36.4 Å². The molecular weight excluding hydrogens is 514 g/mol. The van der Waals surface area contributed by atoms with Crippen molar-refractivity contribution in [1.82, 2.24) is 14.5 Å². The predicted molar refractivity (Wildman–Crippen MR) is 172 cm³/mol. The zero-order valence-corrected chi connectivity index (χ0v) is 22.5. The summed E-state index contributed by atoms with van der Waals surface area (Å²) in [5, 5.41) is 6.84. The summed E-state index contributed by atoms with van der Waals surface area (Å²) in [7, 11) is 0. The van der Waals surface area contributed by atoms with Crippen LogP contribution in [0.4, 0.5) is 0 Å². The van der Waals surface area contributed by atoms with Crippen molar-refractivity contribution in [3.8, 4) is 28.5 Å². The van der Waals surface area contributed by atoms with Crippen molar-refractivity contribution in [1.29, 1.82) is 0 Å². The summed E-state index contributed by atoms with van der Waals surface area (Å²) in [6, 6.07) is 48.2. The lowest BCUT2D eigenvalue weighted by Gasteiger charge is -2.11. The van der Waals surface area contributed by atoms with Crippen molar-refractivity contribution in [2.24, 2.45) is 0 Å². The average molecular weight is 538 g/mol. The summed E-state index contributed by atoms with van der Waals surface area (Å²) >= 11 is 0. The van der Waals surface area contributed by atoms with Crippen LogP contribution in [-0.2, 0) is 0 Å². The highest BCUT2D eigenvalue weighted by Gasteiger charge is 2.21. The summed E-state index contributed by atoms with van der Waals surface area (Å²) in [5.74, 6) is 0.627. The van der Waals surface area contributed by atoms with Crippen LogP contribution in [0, 0.1) is 0 Å². The van der Waals surface area contributed by atoms with E-state index in [0.29, 0.717) is 5.95 Å².